The van der Waals surface area contributed by atoms with Gasteiger partial charge in [-0.05, 0) is 47.0 Å². The number of anilines is 1. The van der Waals surface area contributed by atoms with Crippen molar-refractivity contribution in [3.05, 3.63) is 102 Å². The molecule has 3 aromatic carbocycles. The largest absolute Gasteiger partial charge is 0.445 e. The van der Waals surface area contributed by atoms with Crippen LogP contribution >= 0.6 is 11.8 Å². The maximum absolute atomic E-state index is 13.5. The molecule has 0 saturated heterocycles. The monoisotopic (exact) mass is 463 g/mol. The van der Waals surface area contributed by atoms with E-state index in [2.05, 4.69) is 0 Å². The van der Waals surface area contributed by atoms with E-state index >= 15 is 0 Å². The lowest BCUT2D eigenvalue weighted by Gasteiger charge is -2.24. The summed E-state index contributed by atoms with van der Waals surface area (Å²) in [5.74, 6) is -1.10. The van der Waals surface area contributed by atoms with E-state index in [-0.39, 0.29) is 16.1 Å². The van der Waals surface area contributed by atoms with Crippen LogP contribution < -0.4 is 4.31 Å². The van der Waals surface area contributed by atoms with Crippen LogP contribution in [-0.2, 0) is 14.8 Å². The van der Waals surface area contributed by atoms with Gasteiger partial charge in [-0.2, -0.15) is 17.5 Å². The SMILES string of the molecule is O=C(C(=CSC(F)(F)F)c1ccccc1)N(c1ccccc1)S(=O)(=O)c1ccccc1. The second-order valence-corrected chi connectivity index (χ2v) is 8.91. The zero-order valence-corrected chi connectivity index (χ0v) is 17.5. The molecule has 1 amide bonds. The van der Waals surface area contributed by atoms with Gasteiger partial charge in [-0.25, -0.2) is 8.42 Å². The molecule has 0 unspecified atom stereocenters. The average Bonchev–Trinajstić information content (AvgIpc) is 2.75. The molecule has 0 aliphatic rings. The van der Waals surface area contributed by atoms with Crippen LogP contribution in [0.4, 0.5) is 18.9 Å². The van der Waals surface area contributed by atoms with Gasteiger partial charge >= 0.3 is 5.51 Å². The Bertz CT molecular complexity index is 1160. The van der Waals surface area contributed by atoms with Crippen molar-refractivity contribution in [3.8, 4) is 0 Å². The normalized spacial score (nSPS) is 12.4. The van der Waals surface area contributed by atoms with Gasteiger partial charge in [0.25, 0.3) is 15.9 Å². The van der Waals surface area contributed by atoms with Crippen LogP contribution in [0.3, 0.4) is 0 Å². The molecule has 0 spiro atoms. The quantitative estimate of drug-likeness (QED) is 0.440. The molecular weight excluding hydrogens is 447 g/mol. The molecule has 9 heteroatoms. The number of nitrogens with zero attached hydrogens (tertiary/aromatic N) is 1. The van der Waals surface area contributed by atoms with E-state index < -0.39 is 38.8 Å². The van der Waals surface area contributed by atoms with Gasteiger partial charge in [0.2, 0.25) is 0 Å². The van der Waals surface area contributed by atoms with Crippen LogP contribution in [0.2, 0.25) is 0 Å². The zero-order valence-electron chi connectivity index (χ0n) is 15.9. The van der Waals surface area contributed by atoms with E-state index in [1.807, 2.05) is 0 Å². The molecule has 0 saturated carbocycles. The Morgan fingerprint density at radius 3 is 1.81 bits per heavy atom. The Kier molecular flexibility index (Phi) is 6.87. The first-order valence-electron chi connectivity index (χ1n) is 8.90. The molecule has 0 radical (unpaired) electrons. The number of halogens is 3. The van der Waals surface area contributed by atoms with Gasteiger partial charge in [-0.15, -0.1) is 0 Å². The summed E-state index contributed by atoms with van der Waals surface area (Å²) in [6.45, 7) is 0. The third-order valence-corrected chi connectivity index (χ3v) is 6.43. The van der Waals surface area contributed by atoms with Crippen LogP contribution in [-0.4, -0.2) is 19.8 Å². The molecule has 0 N–H and O–H groups in total. The predicted molar refractivity (Wildman–Crippen MR) is 116 cm³/mol. The van der Waals surface area contributed by atoms with Crippen molar-refractivity contribution in [2.45, 2.75) is 10.4 Å². The molecule has 0 fully saturated rings. The molecule has 31 heavy (non-hydrogen) atoms. The number of para-hydroxylation sites is 1. The molecular formula is C22H16F3NO3S2. The van der Waals surface area contributed by atoms with Crippen LogP contribution in [0, 0.1) is 0 Å². The number of hydrogen-bond donors (Lipinski definition) is 0. The summed E-state index contributed by atoms with van der Waals surface area (Å²) in [5, 5.41) is 0.633. The van der Waals surface area contributed by atoms with Crippen LogP contribution in [0.5, 0.6) is 0 Å². The van der Waals surface area contributed by atoms with Crippen LogP contribution in [0.1, 0.15) is 5.56 Å². The summed E-state index contributed by atoms with van der Waals surface area (Å²) in [7, 11) is -4.41. The molecule has 0 bridgehead atoms. The van der Waals surface area contributed by atoms with Gasteiger partial charge in [-0.3, -0.25) is 4.79 Å². The minimum absolute atomic E-state index is 0.00944. The molecule has 0 atom stereocenters. The van der Waals surface area contributed by atoms with Gasteiger partial charge in [-0.1, -0.05) is 66.7 Å². The molecule has 0 aromatic heterocycles. The van der Waals surface area contributed by atoms with Crippen molar-refractivity contribution < 1.29 is 26.4 Å². The zero-order chi connectivity index (χ0) is 22.5. The third kappa shape index (κ3) is 5.56. The number of carbonyl (C=O) groups excluding carboxylic acids is 1. The highest BCUT2D eigenvalue weighted by Gasteiger charge is 2.35. The summed E-state index contributed by atoms with van der Waals surface area (Å²) in [4.78, 5) is 13.3. The molecule has 160 valence electrons. The fraction of sp³-hybridized carbons (Fsp3) is 0.0455. The standard InChI is InChI=1S/C22H16F3NO3S2/c23-22(24,25)30-16-20(17-10-4-1-5-11-17)21(27)26(18-12-6-2-7-13-18)31(28,29)19-14-8-3-9-15-19/h1-16H. The number of alkyl halides is 3. The van der Waals surface area contributed by atoms with Gasteiger partial charge < -0.3 is 0 Å². The van der Waals surface area contributed by atoms with Crippen molar-refractivity contribution in [2.24, 2.45) is 0 Å². The number of thioether (sulfide) groups is 1. The van der Waals surface area contributed by atoms with Gasteiger partial charge in [0, 0.05) is 0 Å². The smallest absolute Gasteiger partial charge is 0.268 e. The lowest BCUT2D eigenvalue weighted by molar-refractivity contribution is -0.112. The van der Waals surface area contributed by atoms with E-state index in [9.17, 15) is 26.4 Å². The van der Waals surface area contributed by atoms with Crippen molar-refractivity contribution in [1.82, 2.24) is 0 Å². The first-order valence-corrected chi connectivity index (χ1v) is 11.2. The van der Waals surface area contributed by atoms with E-state index in [0.717, 1.165) is 0 Å². The number of benzene rings is 3. The fourth-order valence-electron chi connectivity index (χ4n) is 2.72. The predicted octanol–water partition coefficient (Wildman–Crippen LogP) is 5.70. The van der Waals surface area contributed by atoms with Gasteiger partial charge in [0.05, 0.1) is 16.2 Å². The Morgan fingerprint density at radius 2 is 1.29 bits per heavy atom. The number of hydrogen-bond acceptors (Lipinski definition) is 4. The highest BCUT2D eigenvalue weighted by molar-refractivity contribution is 8.03. The van der Waals surface area contributed by atoms with E-state index in [0.29, 0.717) is 9.71 Å². The van der Waals surface area contributed by atoms with E-state index in [1.54, 1.807) is 30.3 Å². The lowest BCUT2D eigenvalue weighted by Crippen LogP contribution is -2.37. The molecule has 3 aromatic rings. The summed E-state index contributed by atoms with van der Waals surface area (Å²) in [6, 6.07) is 22.4. The van der Waals surface area contributed by atoms with Crippen molar-refractivity contribution in [2.75, 3.05) is 4.31 Å². The second-order valence-electron chi connectivity index (χ2n) is 6.18. The minimum atomic E-state index is -4.64. The van der Waals surface area contributed by atoms with Gasteiger partial charge in [0.1, 0.15) is 0 Å². The third-order valence-electron chi connectivity index (χ3n) is 4.08. The van der Waals surface area contributed by atoms with E-state index in [4.69, 9.17) is 0 Å². The number of rotatable bonds is 6. The topological polar surface area (TPSA) is 54.5 Å². The fourth-order valence-corrected chi connectivity index (χ4v) is 4.64. The second kappa shape index (κ2) is 9.40. The molecule has 0 aliphatic carbocycles. The molecule has 0 aliphatic heterocycles. The summed E-state index contributed by atoms with van der Waals surface area (Å²) < 4.78 is 65.9. The van der Waals surface area contributed by atoms with Crippen LogP contribution in [0.15, 0.2) is 101 Å². The Balaban J connectivity index is 2.18. The highest BCUT2D eigenvalue weighted by Crippen LogP contribution is 2.35. The lowest BCUT2D eigenvalue weighted by atomic mass is 10.1. The van der Waals surface area contributed by atoms with Crippen molar-refractivity contribution in [3.63, 3.8) is 0 Å². The molecule has 4 nitrogen and oxygen atoms in total. The Labute approximate surface area is 182 Å². The maximum Gasteiger partial charge on any atom is 0.445 e. The maximum atomic E-state index is 13.5. The molecule has 0 heterocycles. The number of amides is 1. The van der Waals surface area contributed by atoms with E-state index in [1.165, 1.54) is 60.7 Å². The summed E-state index contributed by atoms with van der Waals surface area (Å²) in [6.07, 6.45) is 0. The van der Waals surface area contributed by atoms with Crippen molar-refractivity contribution >= 4 is 39.0 Å². The summed E-state index contributed by atoms with van der Waals surface area (Å²) >= 11 is -0.520. The Hall–Kier alpha value is -3.04. The first kappa shape index (κ1) is 22.6. The van der Waals surface area contributed by atoms with Gasteiger partial charge in [0.15, 0.2) is 0 Å². The average molecular weight is 464 g/mol. The number of carbonyl (C=O) groups is 1. The summed E-state index contributed by atoms with van der Waals surface area (Å²) in [5.41, 5.74) is -4.87. The van der Waals surface area contributed by atoms with Crippen LogP contribution in [0.25, 0.3) is 5.57 Å². The van der Waals surface area contributed by atoms with Crippen molar-refractivity contribution in [1.29, 1.82) is 0 Å². The minimum Gasteiger partial charge on any atom is -0.268 e. The number of sulfonamides is 1. The Morgan fingerprint density at radius 1 is 0.806 bits per heavy atom. The molecule has 3 rings (SSSR count). The highest BCUT2D eigenvalue weighted by atomic mass is 32.2. The first-order chi connectivity index (χ1) is 14.7.